The molecule has 0 aliphatic rings. The number of aromatic nitrogens is 1. The van der Waals surface area contributed by atoms with E-state index >= 15 is 0 Å². The average Bonchev–Trinajstić information content (AvgIpc) is 2.25. The Morgan fingerprint density at radius 3 is 2.75 bits per heavy atom. The molecule has 3 N–H and O–H groups in total. The van der Waals surface area contributed by atoms with Crippen LogP contribution in [0.1, 0.15) is 32.8 Å². The van der Waals surface area contributed by atoms with E-state index in [0.717, 1.165) is 17.8 Å². The van der Waals surface area contributed by atoms with Crippen molar-refractivity contribution in [3.8, 4) is 0 Å². The third-order valence-corrected chi connectivity index (χ3v) is 2.86. The normalized spacial score (nSPS) is 12.5. The molecule has 0 amide bonds. The molecular weight excluding hydrogens is 218 g/mol. The minimum Gasteiger partial charge on any atom is -0.389 e. The van der Waals surface area contributed by atoms with Gasteiger partial charge in [0.15, 0.2) is 0 Å². The fraction of sp³-hybridized carbons (Fsp3) is 0.500. The summed E-state index contributed by atoms with van der Waals surface area (Å²) in [6.45, 7) is 6.52. The van der Waals surface area contributed by atoms with Crippen molar-refractivity contribution in [1.82, 2.24) is 4.98 Å². The Labute approximate surface area is 102 Å². The zero-order valence-electron chi connectivity index (χ0n) is 10.0. The van der Waals surface area contributed by atoms with Crippen molar-refractivity contribution in [2.75, 3.05) is 5.32 Å². The fourth-order valence-electron chi connectivity index (χ4n) is 1.63. The van der Waals surface area contributed by atoms with Gasteiger partial charge < -0.3 is 11.1 Å². The largest absolute Gasteiger partial charge is 0.389 e. The van der Waals surface area contributed by atoms with Crippen LogP contribution < -0.4 is 11.1 Å². The number of nitrogens with one attached hydrogen (secondary N) is 1. The Morgan fingerprint density at radius 1 is 1.56 bits per heavy atom. The minimum absolute atomic E-state index is 0.384. The standard InChI is InChI=1S/C12H19N3S/c1-4-10(8(2)3)15-12-9(11(13)16)6-5-7-14-12/h5-8,10H,4H2,1-3H3,(H2,13,16)(H,14,15). The van der Waals surface area contributed by atoms with Crippen LogP contribution in [0.2, 0.25) is 0 Å². The zero-order chi connectivity index (χ0) is 12.1. The number of rotatable bonds is 5. The Bertz CT molecular complexity index is 363. The molecule has 1 heterocycles. The van der Waals surface area contributed by atoms with Gasteiger partial charge in [-0.2, -0.15) is 0 Å². The van der Waals surface area contributed by atoms with Crippen molar-refractivity contribution in [1.29, 1.82) is 0 Å². The van der Waals surface area contributed by atoms with Crippen LogP contribution in [0.4, 0.5) is 5.82 Å². The first-order chi connectivity index (χ1) is 7.56. The van der Waals surface area contributed by atoms with Gasteiger partial charge in [-0.3, -0.25) is 0 Å². The first-order valence-corrected chi connectivity index (χ1v) is 5.98. The van der Waals surface area contributed by atoms with E-state index in [1.54, 1.807) is 6.20 Å². The molecule has 3 nitrogen and oxygen atoms in total. The van der Waals surface area contributed by atoms with E-state index in [1.807, 2.05) is 12.1 Å². The number of nitrogens with two attached hydrogens (primary N) is 1. The van der Waals surface area contributed by atoms with E-state index in [1.165, 1.54) is 0 Å². The molecule has 1 aromatic heterocycles. The second kappa shape index (κ2) is 5.80. The molecule has 0 saturated carbocycles. The van der Waals surface area contributed by atoms with Gasteiger partial charge in [-0.1, -0.05) is 33.0 Å². The van der Waals surface area contributed by atoms with Gasteiger partial charge >= 0.3 is 0 Å². The molecule has 1 atom stereocenters. The summed E-state index contributed by atoms with van der Waals surface area (Å²) in [5.74, 6) is 1.33. The van der Waals surface area contributed by atoms with Gasteiger partial charge in [0.05, 0.1) is 5.56 Å². The summed E-state index contributed by atoms with van der Waals surface area (Å²) in [5.41, 5.74) is 6.48. The van der Waals surface area contributed by atoms with Crippen LogP contribution in [0.3, 0.4) is 0 Å². The lowest BCUT2D eigenvalue weighted by Gasteiger charge is -2.22. The summed E-state index contributed by atoms with van der Waals surface area (Å²) >= 11 is 5.00. The molecule has 0 spiro atoms. The zero-order valence-corrected chi connectivity index (χ0v) is 10.8. The molecule has 1 rings (SSSR count). The quantitative estimate of drug-likeness (QED) is 0.773. The molecule has 4 heteroatoms. The maximum Gasteiger partial charge on any atom is 0.136 e. The maximum atomic E-state index is 5.66. The van der Waals surface area contributed by atoms with Crippen LogP contribution >= 0.6 is 12.2 Å². The number of nitrogens with zero attached hydrogens (tertiary/aromatic N) is 1. The molecule has 1 unspecified atom stereocenters. The van der Waals surface area contributed by atoms with Crippen LogP contribution in [0.5, 0.6) is 0 Å². The predicted molar refractivity (Wildman–Crippen MR) is 72.7 cm³/mol. The summed E-state index contributed by atoms with van der Waals surface area (Å²) in [6, 6.07) is 4.13. The van der Waals surface area contributed by atoms with Crippen LogP contribution in [0, 0.1) is 5.92 Å². The van der Waals surface area contributed by atoms with Crippen LogP contribution in [-0.2, 0) is 0 Å². The van der Waals surface area contributed by atoms with Crippen molar-refractivity contribution >= 4 is 23.0 Å². The number of thiocarbonyl (C=S) groups is 1. The third-order valence-electron chi connectivity index (χ3n) is 2.64. The second-order valence-corrected chi connectivity index (χ2v) is 4.61. The SMILES string of the molecule is CCC(Nc1ncccc1C(N)=S)C(C)C. The van der Waals surface area contributed by atoms with Crippen molar-refractivity contribution in [2.45, 2.75) is 33.2 Å². The van der Waals surface area contributed by atoms with Crippen molar-refractivity contribution < 1.29 is 0 Å². The lowest BCUT2D eigenvalue weighted by molar-refractivity contribution is 0.510. The van der Waals surface area contributed by atoms with E-state index in [9.17, 15) is 0 Å². The topological polar surface area (TPSA) is 50.9 Å². The molecule has 0 aromatic carbocycles. The fourth-order valence-corrected chi connectivity index (χ4v) is 1.80. The highest BCUT2D eigenvalue weighted by Gasteiger charge is 2.14. The van der Waals surface area contributed by atoms with Crippen LogP contribution in [0.15, 0.2) is 18.3 Å². The Morgan fingerprint density at radius 2 is 2.25 bits per heavy atom. The molecule has 0 aliphatic heterocycles. The van der Waals surface area contributed by atoms with E-state index < -0.39 is 0 Å². The number of hydrogen-bond acceptors (Lipinski definition) is 3. The molecule has 16 heavy (non-hydrogen) atoms. The van der Waals surface area contributed by atoms with Gasteiger partial charge in [0, 0.05) is 12.2 Å². The Hall–Kier alpha value is -1.16. The number of hydrogen-bond donors (Lipinski definition) is 2. The molecule has 0 saturated heterocycles. The smallest absolute Gasteiger partial charge is 0.136 e. The molecule has 0 aliphatic carbocycles. The lowest BCUT2D eigenvalue weighted by atomic mass is 10.0. The van der Waals surface area contributed by atoms with Gasteiger partial charge in [0.1, 0.15) is 10.8 Å². The third kappa shape index (κ3) is 3.17. The van der Waals surface area contributed by atoms with Crippen molar-refractivity contribution in [2.24, 2.45) is 11.7 Å². The second-order valence-electron chi connectivity index (χ2n) is 4.17. The molecule has 0 bridgehead atoms. The number of pyridine rings is 1. The first-order valence-electron chi connectivity index (χ1n) is 5.57. The van der Waals surface area contributed by atoms with Crippen molar-refractivity contribution in [3.05, 3.63) is 23.9 Å². The maximum absolute atomic E-state index is 5.66. The lowest BCUT2D eigenvalue weighted by Crippen LogP contribution is -2.27. The predicted octanol–water partition coefficient (Wildman–Crippen LogP) is 2.56. The molecule has 1 aromatic rings. The van der Waals surface area contributed by atoms with E-state index in [0.29, 0.717) is 16.9 Å². The van der Waals surface area contributed by atoms with Crippen LogP contribution in [-0.4, -0.2) is 16.0 Å². The monoisotopic (exact) mass is 237 g/mol. The highest BCUT2D eigenvalue weighted by Crippen LogP contribution is 2.17. The average molecular weight is 237 g/mol. The van der Waals surface area contributed by atoms with Gasteiger partial charge in [-0.05, 0) is 24.5 Å². The highest BCUT2D eigenvalue weighted by molar-refractivity contribution is 7.80. The molecule has 88 valence electrons. The minimum atomic E-state index is 0.384. The highest BCUT2D eigenvalue weighted by atomic mass is 32.1. The summed E-state index contributed by atoms with van der Waals surface area (Å²) < 4.78 is 0. The summed E-state index contributed by atoms with van der Waals surface area (Å²) in [6.07, 6.45) is 2.79. The molecular formula is C12H19N3S. The molecule has 0 fully saturated rings. The Kier molecular flexibility index (Phi) is 4.68. The van der Waals surface area contributed by atoms with E-state index in [2.05, 4.69) is 31.1 Å². The van der Waals surface area contributed by atoms with Crippen LogP contribution in [0.25, 0.3) is 0 Å². The Balaban J connectivity index is 2.91. The number of anilines is 1. The van der Waals surface area contributed by atoms with E-state index in [-0.39, 0.29) is 0 Å². The molecule has 0 radical (unpaired) electrons. The van der Waals surface area contributed by atoms with Gasteiger partial charge in [-0.15, -0.1) is 0 Å². The van der Waals surface area contributed by atoms with Crippen molar-refractivity contribution in [3.63, 3.8) is 0 Å². The van der Waals surface area contributed by atoms with Gasteiger partial charge in [0.25, 0.3) is 0 Å². The van der Waals surface area contributed by atoms with Gasteiger partial charge in [0.2, 0.25) is 0 Å². The summed E-state index contributed by atoms with van der Waals surface area (Å²) in [5, 5.41) is 3.40. The van der Waals surface area contributed by atoms with E-state index in [4.69, 9.17) is 18.0 Å². The van der Waals surface area contributed by atoms with Gasteiger partial charge in [-0.25, -0.2) is 4.98 Å². The summed E-state index contributed by atoms with van der Waals surface area (Å²) in [7, 11) is 0. The summed E-state index contributed by atoms with van der Waals surface area (Å²) in [4.78, 5) is 4.68. The first kappa shape index (κ1) is 12.9.